The van der Waals surface area contributed by atoms with Crippen LogP contribution in [0.5, 0.6) is 0 Å². The second-order valence-corrected chi connectivity index (χ2v) is 24.1. The quantitative estimate of drug-likeness (QED) is 0.0664. The number of hydrogen-bond donors (Lipinski definition) is 2. The number of halogens is 8. The van der Waals surface area contributed by atoms with Crippen LogP contribution in [0.4, 0.5) is 35.1 Å². The molecule has 0 spiro atoms. The highest BCUT2D eigenvalue weighted by Gasteiger charge is 2.53. The van der Waals surface area contributed by atoms with Gasteiger partial charge in [-0.3, -0.25) is 9.71 Å². The summed E-state index contributed by atoms with van der Waals surface area (Å²) in [6.45, 7) is 13.5. The van der Waals surface area contributed by atoms with Crippen LogP contribution in [-0.2, 0) is 8.23 Å². The van der Waals surface area contributed by atoms with E-state index in [-0.39, 0.29) is 6.54 Å². The third kappa shape index (κ3) is 15.6. The lowest BCUT2D eigenvalue weighted by molar-refractivity contribution is -0.221. The van der Waals surface area contributed by atoms with Crippen LogP contribution in [0.3, 0.4) is 0 Å². The van der Waals surface area contributed by atoms with Crippen LogP contribution in [0, 0.1) is 5.92 Å². The van der Waals surface area contributed by atoms with Crippen LogP contribution in [0.15, 0.2) is 0 Å². The van der Waals surface area contributed by atoms with Gasteiger partial charge in [-0.25, -0.2) is 4.39 Å². The highest BCUT2D eigenvalue weighted by Crippen LogP contribution is 2.38. The highest BCUT2D eigenvalue weighted by molar-refractivity contribution is 6.87. The maximum absolute atomic E-state index is 14.9. The van der Waals surface area contributed by atoms with E-state index in [0.29, 0.717) is 31.9 Å². The maximum Gasteiger partial charge on any atom is 0.398 e. The fraction of sp³-hybridized carbons (Fsp3) is 1.00. The van der Waals surface area contributed by atoms with Gasteiger partial charge in [-0.05, 0) is 90.1 Å². The van der Waals surface area contributed by atoms with Crippen molar-refractivity contribution in [1.29, 1.82) is 0 Å². The Balaban J connectivity index is 4.75. The highest BCUT2D eigenvalue weighted by atomic mass is 28.5. The number of hydrogen-bond acceptors (Lipinski definition) is 4. The van der Waals surface area contributed by atoms with Crippen molar-refractivity contribution < 1.29 is 43.4 Å². The molecule has 0 aliphatic rings. The molecule has 0 bridgehead atoms. The first-order chi connectivity index (χ1) is 17.0. The third-order valence-electron chi connectivity index (χ3n) is 6.39. The summed E-state index contributed by atoms with van der Waals surface area (Å²) < 4.78 is 118. The average Bonchev–Trinajstić information content (AvgIpc) is 2.70. The van der Waals surface area contributed by atoms with Gasteiger partial charge in [0.2, 0.25) is 0 Å². The first-order valence-corrected chi connectivity index (χ1v) is 22.3. The van der Waals surface area contributed by atoms with E-state index in [1.54, 1.807) is 6.92 Å². The topological polar surface area (TPSA) is 42.5 Å². The van der Waals surface area contributed by atoms with Crippen LogP contribution >= 0.6 is 0 Å². The lowest BCUT2D eigenvalue weighted by atomic mass is 9.95. The van der Waals surface area contributed by atoms with Crippen molar-refractivity contribution in [2.24, 2.45) is 5.92 Å². The van der Waals surface area contributed by atoms with Gasteiger partial charge >= 0.3 is 20.9 Å². The first kappa shape index (κ1) is 37.9. The van der Waals surface area contributed by atoms with E-state index in [0.717, 1.165) is 6.04 Å². The molecule has 15 heteroatoms. The lowest BCUT2D eigenvalue weighted by Gasteiger charge is -2.39. The van der Waals surface area contributed by atoms with E-state index in [9.17, 15) is 35.1 Å². The Labute approximate surface area is 226 Å². The van der Waals surface area contributed by atoms with Gasteiger partial charge in [0.25, 0.3) is 0 Å². The molecule has 0 aromatic rings. The van der Waals surface area contributed by atoms with Crippen LogP contribution in [0.2, 0.25) is 51.4 Å². The van der Waals surface area contributed by atoms with Gasteiger partial charge in [-0.15, -0.1) is 0 Å². The van der Waals surface area contributed by atoms with Crippen LogP contribution in [-0.4, -0.2) is 69.1 Å². The van der Waals surface area contributed by atoms with Gasteiger partial charge in [0.05, 0.1) is 6.42 Å². The molecule has 4 nitrogen and oxygen atoms in total. The van der Waals surface area contributed by atoms with E-state index in [1.807, 2.05) is 39.3 Å². The Hall–Kier alpha value is -0.0694. The van der Waals surface area contributed by atoms with Crippen molar-refractivity contribution in [2.45, 2.75) is 122 Å². The summed E-state index contributed by atoms with van der Waals surface area (Å²) in [5, 5.41) is 5.27. The summed E-state index contributed by atoms with van der Waals surface area (Å²) >= 11 is 0. The summed E-state index contributed by atoms with van der Waals surface area (Å²) in [4.78, 5) is 0. The molecule has 230 valence electrons. The van der Waals surface area contributed by atoms with Gasteiger partial charge in [0.1, 0.15) is 12.6 Å². The van der Waals surface area contributed by atoms with Crippen molar-refractivity contribution in [3.8, 4) is 0 Å². The van der Waals surface area contributed by atoms with E-state index < -0.39 is 74.8 Å². The molecule has 3 atom stereocenters. The van der Waals surface area contributed by atoms with Gasteiger partial charge in [-0.1, -0.05) is 13.8 Å². The Morgan fingerprint density at radius 2 is 1.24 bits per heavy atom. The zero-order chi connectivity index (χ0) is 30.1. The average molecular weight is 621 g/mol. The lowest BCUT2D eigenvalue weighted by Crippen LogP contribution is -2.54. The predicted octanol–water partition coefficient (Wildman–Crippen LogP) is 8.05. The largest absolute Gasteiger partial charge is 0.437 e. The van der Waals surface area contributed by atoms with Crippen molar-refractivity contribution in [3.63, 3.8) is 0 Å². The summed E-state index contributed by atoms with van der Waals surface area (Å²) in [7, 11) is -7.08. The molecule has 0 saturated heterocycles. The zero-order valence-corrected chi connectivity index (χ0v) is 27.1. The van der Waals surface area contributed by atoms with Crippen LogP contribution in [0.25, 0.3) is 0 Å². The second-order valence-electron chi connectivity index (χ2n) is 11.6. The molecule has 0 amide bonds. The van der Waals surface area contributed by atoms with Gasteiger partial charge in [0, 0.05) is 6.04 Å². The van der Waals surface area contributed by atoms with E-state index in [4.69, 9.17) is 8.23 Å². The van der Waals surface area contributed by atoms with E-state index >= 15 is 0 Å². The first-order valence-electron chi connectivity index (χ1n) is 13.3. The molecule has 0 aromatic carbocycles. The van der Waals surface area contributed by atoms with Crippen molar-refractivity contribution in [3.05, 3.63) is 0 Å². The molecular formula is C23H48F8N2O2Si3. The summed E-state index contributed by atoms with van der Waals surface area (Å²) in [6.07, 6.45) is -9.10. The minimum Gasteiger partial charge on any atom is -0.437 e. The molecule has 0 aliphatic carbocycles. The molecule has 3 unspecified atom stereocenters. The monoisotopic (exact) mass is 620 g/mol. The SMILES string of the molecule is CCC(CC(F)(F)F)NCCC[Si](C)(C)O[Si](C)(C)O[Si](C)(C)CCCNC(F)(CC)C(CF)C(F)(F)F. The second kappa shape index (κ2) is 15.2. The Kier molecular flexibility index (Phi) is 15.2. The van der Waals surface area contributed by atoms with Crippen LogP contribution < -0.4 is 10.6 Å². The van der Waals surface area contributed by atoms with Gasteiger partial charge in [0.15, 0.2) is 22.4 Å². The van der Waals surface area contributed by atoms with E-state index in [1.165, 1.54) is 6.92 Å². The molecule has 0 fully saturated rings. The Morgan fingerprint density at radius 3 is 1.61 bits per heavy atom. The molecular weight excluding hydrogens is 573 g/mol. The normalized spacial score (nSPS) is 17.4. The molecule has 0 rings (SSSR count). The molecule has 0 heterocycles. The van der Waals surface area contributed by atoms with Crippen molar-refractivity contribution in [2.75, 3.05) is 19.8 Å². The summed E-state index contributed by atoms with van der Waals surface area (Å²) in [5.74, 6) is -5.59. The van der Waals surface area contributed by atoms with Crippen molar-refractivity contribution in [1.82, 2.24) is 10.6 Å². The summed E-state index contributed by atoms with van der Waals surface area (Å²) in [6, 6.07) is 0.695. The zero-order valence-electron chi connectivity index (χ0n) is 24.1. The minimum absolute atomic E-state index is 0.0418. The maximum atomic E-state index is 14.9. The fourth-order valence-electron chi connectivity index (χ4n) is 4.69. The molecule has 0 radical (unpaired) electrons. The molecule has 0 aliphatic heterocycles. The molecule has 0 saturated carbocycles. The summed E-state index contributed by atoms with van der Waals surface area (Å²) in [5.41, 5.74) is 0. The molecule has 0 aromatic heterocycles. The number of rotatable bonds is 19. The number of alkyl halides is 8. The van der Waals surface area contributed by atoms with E-state index in [2.05, 4.69) is 10.6 Å². The fourth-order valence-corrected chi connectivity index (χ4v) is 18.7. The Bertz CT molecular complexity index is 682. The molecule has 38 heavy (non-hydrogen) atoms. The molecule has 2 N–H and O–H groups in total. The number of nitrogens with one attached hydrogen (secondary N) is 2. The van der Waals surface area contributed by atoms with Gasteiger partial charge < -0.3 is 13.5 Å². The Morgan fingerprint density at radius 1 is 0.763 bits per heavy atom. The third-order valence-corrected chi connectivity index (χ3v) is 17.9. The minimum atomic E-state index is -4.98. The predicted molar refractivity (Wildman–Crippen MR) is 144 cm³/mol. The van der Waals surface area contributed by atoms with Crippen molar-refractivity contribution >= 4 is 25.2 Å². The van der Waals surface area contributed by atoms with Crippen LogP contribution in [0.1, 0.15) is 46.0 Å². The smallest absolute Gasteiger partial charge is 0.398 e. The standard InChI is InChI=1S/C23H48F8N2O2Si3/c1-9-19(17-22(26,27)28)32-13-11-15-36(3,4)34-38(7,8)35-37(5,6)16-12-14-33-21(25,10-2)20(18-24)23(29,30)31/h19-20,32-33H,9-18H2,1-8H3. The van der Waals surface area contributed by atoms with Gasteiger partial charge in [-0.2, -0.15) is 26.3 Å².